The van der Waals surface area contributed by atoms with Gasteiger partial charge in [0.2, 0.25) is 0 Å². The van der Waals surface area contributed by atoms with Crippen molar-refractivity contribution in [1.82, 2.24) is 5.32 Å². The van der Waals surface area contributed by atoms with E-state index in [1.807, 2.05) is 0 Å². The highest BCUT2D eigenvalue weighted by molar-refractivity contribution is 5.26. The van der Waals surface area contributed by atoms with Crippen molar-refractivity contribution in [2.45, 2.75) is 40.2 Å². The molecule has 0 saturated carbocycles. The predicted molar refractivity (Wildman–Crippen MR) is 88.6 cm³/mol. The maximum absolute atomic E-state index is 5.71. The Hall–Kier alpha value is -0.900. The normalized spacial score (nSPS) is 11.2. The Kier molecular flexibility index (Phi) is 10.1. The molecule has 0 heterocycles. The van der Waals surface area contributed by atoms with Crippen molar-refractivity contribution in [1.29, 1.82) is 0 Å². The summed E-state index contributed by atoms with van der Waals surface area (Å²) in [7, 11) is 0. The lowest BCUT2D eigenvalue weighted by molar-refractivity contribution is 0.0406. The fourth-order valence-electron chi connectivity index (χ4n) is 2.10. The highest BCUT2D eigenvalue weighted by Gasteiger charge is 2.02. The SMILES string of the molecule is CCCOCCOCc1ccccc1CCNCC(C)C. The Morgan fingerprint density at radius 2 is 1.71 bits per heavy atom. The van der Waals surface area contributed by atoms with Gasteiger partial charge in [0, 0.05) is 6.61 Å². The van der Waals surface area contributed by atoms with E-state index in [9.17, 15) is 0 Å². The Balaban J connectivity index is 2.26. The fourth-order valence-corrected chi connectivity index (χ4v) is 2.10. The second-order valence-corrected chi connectivity index (χ2v) is 5.78. The number of hydrogen-bond acceptors (Lipinski definition) is 3. The Labute approximate surface area is 130 Å². The van der Waals surface area contributed by atoms with Crippen LogP contribution in [0, 0.1) is 5.92 Å². The van der Waals surface area contributed by atoms with Crippen LogP contribution in [0.4, 0.5) is 0 Å². The van der Waals surface area contributed by atoms with Gasteiger partial charge in [-0.05, 0) is 43.0 Å². The minimum absolute atomic E-state index is 0.667. The van der Waals surface area contributed by atoms with Crippen LogP contribution >= 0.6 is 0 Å². The summed E-state index contributed by atoms with van der Waals surface area (Å²) in [6.07, 6.45) is 2.12. The van der Waals surface area contributed by atoms with E-state index in [4.69, 9.17) is 9.47 Å². The molecule has 1 aromatic carbocycles. The molecule has 1 rings (SSSR count). The highest BCUT2D eigenvalue weighted by Crippen LogP contribution is 2.10. The molecule has 0 bridgehead atoms. The van der Waals surface area contributed by atoms with Crippen molar-refractivity contribution in [3.8, 4) is 0 Å². The van der Waals surface area contributed by atoms with E-state index in [2.05, 4.69) is 50.4 Å². The lowest BCUT2D eigenvalue weighted by Gasteiger charge is -2.12. The maximum atomic E-state index is 5.71. The van der Waals surface area contributed by atoms with Crippen molar-refractivity contribution in [2.75, 3.05) is 32.9 Å². The molecule has 0 atom stereocenters. The Morgan fingerprint density at radius 3 is 2.43 bits per heavy atom. The van der Waals surface area contributed by atoms with Gasteiger partial charge >= 0.3 is 0 Å². The summed E-state index contributed by atoms with van der Waals surface area (Å²) in [4.78, 5) is 0. The quantitative estimate of drug-likeness (QED) is 0.599. The maximum Gasteiger partial charge on any atom is 0.0720 e. The van der Waals surface area contributed by atoms with Crippen LogP contribution in [0.2, 0.25) is 0 Å². The summed E-state index contributed by atoms with van der Waals surface area (Å²) in [5.41, 5.74) is 2.67. The predicted octanol–water partition coefficient (Wildman–Crippen LogP) is 3.42. The van der Waals surface area contributed by atoms with Crippen molar-refractivity contribution in [2.24, 2.45) is 5.92 Å². The monoisotopic (exact) mass is 293 g/mol. The van der Waals surface area contributed by atoms with Crippen LogP contribution in [0.25, 0.3) is 0 Å². The van der Waals surface area contributed by atoms with E-state index >= 15 is 0 Å². The highest BCUT2D eigenvalue weighted by atomic mass is 16.5. The molecular formula is C18H31NO2. The van der Waals surface area contributed by atoms with Gasteiger partial charge in [0.25, 0.3) is 0 Å². The average Bonchev–Trinajstić information content (AvgIpc) is 2.48. The third kappa shape index (κ3) is 8.86. The Morgan fingerprint density at radius 1 is 1.00 bits per heavy atom. The zero-order chi connectivity index (χ0) is 15.3. The molecule has 0 amide bonds. The number of nitrogens with one attached hydrogen (secondary N) is 1. The fraction of sp³-hybridized carbons (Fsp3) is 0.667. The molecule has 3 heteroatoms. The van der Waals surface area contributed by atoms with Crippen molar-refractivity contribution in [3.05, 3.63) is 35.4 Å². The molecule has 21 heavy (non-hydrogen) atoms. The molecule has 0 spiro atoms. The summed E-state index contributed by atoms with van der Waals surface area (Å²) in [6.45, 7) is 11.5. The number of hydrogen-bond donors (Lipinski definition) is 1. The van der Waals surface area contributed by atoms with E-state index in [1.54, 1.807) is 0 Å². The first-order valence-electron chi connectivity index (χ1n) is 8.17. The molecule has 1 aromatic rings. The smallest absolute Gasteiger partial charge is 0.0720 e. The van der Waals surface area contributed by atoms with E-state index in [-0.39, 0.29) is 0 Å². The van der Waals surface area contributed by atoms with Gasteiger partial charge in [-0.25, -0.2) is 0 Å². The third-order valence-electron chi connectivity index (χ3n) is 3.22. The standard InChI is InChI=1S/C18H31NO2/c1-4-11-20-12-13-21-15-18-8-6-5-7-17(18)9-10-19-14-16(2)3/h5-8,16,19H,4,9-15H2,1-3H3. The molecule has 0 aliphatic heterocycles. The molecule has 0 aliphatic carbocycles. The van der Waals surface area contributed by atoms with Crippen LogP contribution in [0.3, 0.4) is 0 Å². The molecule has 120 valence electrons. The lowest BCUT2D eigenvalue weighted by Crippen LogP contribution is -2.22. The van der Waals surface area contributed by atoms with E-state index in [0.717, 1.165) is 32.5 Å². The van der Waals surface area contributed by atoms with Gasteiger partial charge in [0.15, 0.2) is 0 Å². The molecule has 3 nitrogen and oxygen atoms in total. The van der Waals surface area contributed by atoms with E-state index in [1.165, 1.54) is 11.1 Å². The van der Waals surface area contributed by atoms with E-state index in [0.29, 0.717) is 25.7 Å². The molecular weight excluding hydrogens is 262 g/mol. The second kappa shape index (κ2) is 11.7. The van der Waals surface area contributed by atoms with Gasteiger partial charge in [-0.15, -0.1) is 0 Å². The Bertz CT molecular complexity index is 366. The first-order chi connectivity index (χ1) is 10.2. The van der Waals surface area contributed by atoms with Crippen LogP contribution in [-0.2, 0) is 22.5 Å². The molecule has 0 fully saturated rings. The van der Waals surface area contributed by atoms with Gasteiger partial charge in [0.05, 0.1) is 19.8 Å². The summed E-state index contributed by atoms with van der Waals surface area (Å²) >= 11 is 0. The number of benzene rings is 1. The molecule has 0 saturated heterocycles. The summed E-state index contributed by atoms with van der Waals surface area (Å²) in [6, 6.07) is 8.54. The number of ether oxygens (including phenoxy) is 2. The van der Waals surface area contributed by atoms with Crippen molar-refractivity contribution in [3.63, 3.8) is 0 Å². The van der Waals surface area contributed by atoms with Crippen LogP contribution in [0.5, 0.6) is 0 Å². The zero-order valence-corrected chi connectivity index (χ0v) is 13.9. The van der Waals surface area contributed by atoms with Gasteiger partial charge < -0.3 is 14.8 Å². The minimum Gasteiger partial charge on any atom is -0.379 e. The summed E-state index contributed by atoms with van der Waals surface area (Å²) < 4.78 is 11.1. The van der Waals surface area contributed by atoms with Crippen molar-refractivity contribution >= 4 is 0 Å². The van der Waals surface area contributed by atoms with E-state index < -0.39 is 0 Å². The molecule has 0 aliphatic rings. The van der Waals surface area contributed by atoms with Gasteiger partial charge in [-0.1, -0.05) is 45.0 Å². The summed E-state index contributed by atoms with van der Waals surface area (Å²) in [5.74, 6) is 0.701. The minimum atomic E-state index is 0.667. The topological polar surface area (TPSA) is 30.5 Å². The van der Waals surface area contributed by atoms with Crippen LogP contribution in [0.1, 0.15) is 38.3 Å². The average molecular weight is 293 g/mol. The zero-order valence-electron chi connectivity index (χ0n) is 13.9. The largest absolute Gasteiger partial charge is 0.379 e. The lowest BCUT2D eigenvalue weighted by atomic mass is 10.1. The third-order valence-corrected chi connectivity index (χ3v) is 3.22. The van der Waals surface area contributed by atoms with Gasteiger partial charge in [-0.3, -0.25) is 0 Å². The molecule has 1 N–H and O–H groups in total. The van der Waals surface area contributed by atoms with Crippen molar-refractivity contribution < 1.29 is 9.47 Å². The summed E-state index contributed by atoms with van der Waals surface area (Å²) in [5, 5.41) is 3.49. The van der Waals surface area contributed by atoms with Gasteiger partial charge in [0.1, 0.15) is 0 Å². The second-order valence-electron chi connectivity index (χ2n) is 5.78. The molecule has 0 radical (unpaired) electrons. The number of rotatable bonds is 12. The van der Waals surface area contributed by atoms with Crippen LogP contribution < -0.4 is 5.32 Å². The molecule has 0 unspecified atom stereocenters. The van der Waals surface area contributed by atoms with Gasteiger partial charge in [-0.2, -0.15) is 0 Å². The van der Waals surface area contributed by atoms with Crippen LogP contribution in [0.15, 0.2) is 24.3 Å². The first kappa shape index (κ1) is 18.1. The first-order valence-corrected chi connectivity index (χ1v) is 8.17. The van der Waals surface area contributed by atoms with Crippen LogP contribution in [-0.4, -0.2) is 32.9 Å². The molecule has 0 aromatic heterocycles.